The molecule has 0 heterocycles. The quantitative estimate of drug-likeness (QED) is 0.571. The molecule has 0 bridgehead atoms. The molecule has 0 unspecified atom stereocenters. The third-order valence-electron chi connectivity index (χ3n) is 1.71. The first kappa shape index (κ1) is 10.9. The van der Waals surface area contributed by atoms with Crippen LogP contribution in [0.5, 0.6) is 0 Å². The van der Waals surface area contributed by atoms with Gasteiger partial charge in [0.2, 0.25) is 0 Å². The van der Waals surface area contributed by atoms with Gasteiger partial charge in [0, 0.05) is 0 Å². The van der Waals surface area contributed by atoms with E-state index in [0.717, 1.165) is 11.8 Å². The Kier molecular flexibility index (Phi) is 3.80. The van der Waals surface area contributed by atoms with Crippen molar-refractivity contribution in [1.29, 1.82) is 0 Å². The first-order valence-corrected chi connectivity index (χ1v) is 4.53. The monoisotopic (exact) mass is 193 g/mol. The number of carbonyl (C=O) groups excluding carboxylic acids is 1. The van der Waals surface area contributed by atoms with Crippen molar-refractivity contribution in [3.8, 4) is 0 Å². The lowest BCUT2D eigenvalue weighted by Gasteiger charge is -2.18. The van der Waals surface area contributed by atoms with Crippen LogP contribution in [-0.4, -0.2) is 11.8 Å². The van der Waals surface area contributed by atoms with Crippen LogP contribution in [0.1, 0.15) is 19.4 Å². The lowest BCUT2D eigenvalue weighted by atomic mass is 10.1. The van der Waals surface area contributed by atoms with Crippen molar-refractivity contribution >= 4 is 6.29 Å². The maximum Gasteiger partial charge on any atom is 0.141 e. The van der Waals surface area contributed by atoms with Crippen LogP contribution in [0, 0.1) is 0 Å². The van der Waals surface area contributed by atoms with Gasteiger partial charge in [-0.2, -0.15) is 5.48 Å². The number of hydrogen-bond acceptors (Lipinski definition) is 3. The summed E-state index contributed by atoms with van der Waals surface area (Å²) in [5.74, 6) is 0. The highest BCUT2D eigenvalue weighted by Crippen LogP contribution is 2.01. The minimum atomic E-state index is -0.630. The number of carbonyl (C=O) groups is 1. The molecule has 3 nitrogen and oxygen atoms in total. The Balaban J connectivity index is 2.32. The van der Waals surface area contributed by atoms with Gasteiger partial charge in [0.15, 0.2) is 0 Å². The number of hydroxylamine groups is 1. The Labute approximate surface area is 84.0 Å². The number of benzene rings is 1. The van der Waals surface area contributed by atoms with Crippen molar-refractivity contribution in [1.82, 2.24) is 5.48 Å². The fourth-order valence-electron chi connectivity index (χ4n) is 0.904. The van der Waals surface area contributed by atoms with E-state index < -0.39 is 5.54 Å². The topological polar surface area (TPSA) is 38.3 Å². The summed E-state index contributed by atoms with van der Waals surface area (Å²) >= 11 is 0. The van der Waals surface area contributed by atoms with Gasteiger partial charge in [-0.05, 0) is 19.4 Å². The van der Waals surface area contributed by atoms with E-state index in [1.165, 1.54) is 0 Å². The molecule has 0 saturated heterocycles. The molecule has 0 radical (unpaired) electrons. The van der Waals surface area contributed by atoms with Crippen LogP contribution in [0.4, 0.5) is 0 Å². The van der Waals surface area contributed by atoms with E-state index >= 15 is 0 Å². The molecular formula is C11H15NO2. The van der Waals surface area contributed by atoms with Gasteiger partial charge in [-0.3, -0.25) is 4.84 Å². The Morgan fingerprint density at radius 3 is 2.57 bits per heavy atom. The van der Waals surface area contributed by atoms with E-state index in [2.05, 4.69) is 5.48 Å². The van der Waals surface area contributed by atoms with Crippen LogP contribution < -0.4 is 5.48 Å². The van der Waals surface area contributed by atoms with E-state index in [-0.39, 0.29) is 0 Å². The number of aldehydes is 1. The summed E-state index contributed by atoms with van der Waals surface area (Å²) in [5.41, 5.74) is 3.13. The van der Waals surface area contributed by atoms with Crippen molar-refractivity contribution in [2.45, 2.75) is 26.0 Å². The van der Waals surface area contributed by atoms with E-state index in [4.69, 9.17) is 4.84 Å². The summed E-state index contributed by atoms with van der Waals surface area (Å²) in [4.78, 5) is 15.7. The molecule has 0 atom stereocenters. The lowest BCUT2D eigenvalue weighted by Crippen LogP contribution is -2.40. The number of hydrogen-bond donors (Lipinski definition) is 1. The van der Waals surface area contributed by atoms with Gasteiger partial charge in [-0.1, -0.05) is 30.3 Å². The first-order chi connectivity index (χ1) is 6.64. The lowest BCUT2D eigenvalue weighted by molar-refractivity contribution is -0.119. The van der Waals surface area contributed by atoms with Crippen molar-refractivity contribution in [2.24, 2.45) is 0 Å². The van der Waals surface area contributed by atoms with Gasteiger partial charge in [0.05, 0.1) is 12.1 Å². The third kappa shape index (κ3) is 3.68. The molecule has 1 N–H and O–H groups in total. The predicted octanol–water partition coefficient (Wildman–Crippen LogP) is 1.69. The molecule has 0 spiro atoms. The largest absolute Gasteiger partial charge is 0.301 e. The second-order valence-corrected chi connectivity index (χ2v) is 3.72. The van der Waals surface area contributed by atoms with Crippen LogP contribution >= 0.6 is 0 Å². The SMILES string of the molecule is CC(C)(C=O)NOCc1ccccc1. The molecule has 1 aromatic rings. The Morgan fingerprint density at radius 1 is 1.36 bits per heavy atom. The highest BCUT2D eigenvalue weighted by atomic mass is 16.6. The predicted molar refractivity (Wildman–Crippen MR) is 54.5 cm³/mol. The Bertz CT molecular complexity index is 283. The Hall–Kier alpha value is -1.19. The summed E-state index contributed by atoms with van der Waals surface area (Å²) in [6.45, 7) is 3.97. The van der Waals surface area contributed by atoms with Crippen LogP contribution in [-0.2, 0) is 16.2 Å². The molecule has 76 valence electrons. The molecule has 0 aliphatic rings. The second-order valence-electron chi connectivity index (χ2n) is 3.72. The van der Waals surface area contributed by atoms with Crippen LogP contribution in [0.2, 0.25) is 0 Å². The molecule has 1 rings (SSSR count). The molecule has 0 fully saturated rings. The molecule has 0 aromatic heterocycles. The number of nitrogens with one attached hydrogen (secondary N) is 1. The standard InChI is InChI=1S/C11H15NO2/c1-11(2,9-13)12-14-8-10-6-4-3-5-7-10/h3-7,9,12H,8H2,1-2H3. The molecule has 0 amide bonds. The average Bonchev–Trinajstić information content (AvgIpc) is 2.19. The highest BCUT2D eigenvalue weighted by Gasteiger charge is 2.15. The van der Waals surface area contributed by atoms with Crippen LogP contribution in [0.25, 0.3) is 0 Å². The van der Waals surface area contributed by atoms with Gasteiger partial charge in [-0.15, -0.1) is 0 Å². The molecule has 0 aliphatic heterocycles. The fraction of sp³-hybridized carbons (Fsp3) is 0.364. The molecular weight excluding hydrogens is 178 g/mol. The van der Waals surface area contributed by atoms with Gasteiger partial charge in [0.25, 0.3) is 0 Å². The van der Waals surface area contributed by atoms with E-state index in [9.17, 15) is 4.79 Å². The molecule has 0 aliphatic carbocycles. The minimum absolute atomic E-state index is 0.456. The van der Waals surface area contributed by atoms with E-state index in [0.29, 0.717) is 6.61 Å². The summed E-state index contributed by atoms with van der Waals surface area (Å²) in [7, 11) is 0. The normalized spacial score (nSPS) is 11.3. The van der Waals surface area contributed by atoms with Crippen molar-refractivity contribution in [3.05, 3.63) is 35.9 Å². The molecule has 1 aromatic carbocycles. The molecule has 0 saturated carbocycles. The van der Waals surface area contributed by atoms with Gasteiger partial charge in [-0.25, -0.2) is 0 Å². The van der Waals surface area contributed by atoms with Gasteiger partial charge >= 0.3 is 0 Å². The van der Waals surface area contributed by atoms with Gasteiger partial charge in [0.1, 0.15) is 6.29 Å². The van der Waals surface area contributed by atoms with Crippen molar-refractivity contribution in [2.75, 3.05) is 0 Å². The highest BCUT2D eigenvalue weighted by molar-refractivity contribution is 5.62. The van der Waals surface area contributed by atoms with E-state index in [1.54, 1.807) is 13.8 Å². The second kappa shape index (κ2) is 4.88. The summed E-state index contributed by atoms with van der Waals surface area (Å²) < 4.78 is 0. The average molecular weight is 193 g/mol. The van der Waals surface area contributed by atoms with Crippen LogP contribution in [0.3, 0.4) is 0 Å². The fourth-order valence-corrected chi connectivity index (χ4v) is 0.904. The smallest absolute Gasteiger partial charge is 0.141 e. The molecule has 14 heavy (non-hydrogen) atoms. The van der Waals surface area contributed by atoms with E-state index in [1.807, 2.05) is 30.3 Å². The maximum atomic E-state index is 10.5. The summed E-state index contributed by atoms with van der Waals surface area (Å²) in [6.07, 6.45) is 0.817. The summed E-state index contributed by atoms with van der Waals surface area (Å²) in [5, 5.41) is 0. The zero-order chi connectivity index (χ0) is 10.4. The third-order valence-corrected chi connectivity index (χ3v) is 1.71. The molecule has 3 heteroatoms. The maximum absolute atomic E-state index is 10.5. The zero-order valence-electron chi connectivity index (χ0n) is 8.49. The first-order valence-electron chi connectivity index (χ1n) is 4.53. The minimum Gasteiger partial charge on any atom is -0.301 e. The van der Waals surface area contributed by atoms with Crippen molar-refractivity contribution < 1.29 is 9.63 Å². The van der Waals surface area contributed by atoms with Crippen LogP contribution in [0.15, 0.2) is 30.3 Å². The van der Waals surface area contributed by atoms with Gasteiger partial charge < -0.3 is 4.79 Å². The van der Waals surface area contributed by atoms with Crippen molar-refractivity contribution in [3.63, 3.8) is 0 Å². The number of rotatable bonds is 5. The Morgan fingerprint density at radius 2 is 2.00 bits per heavy atom. The zero-order valence-corrected chi connectivity index (χ0v) is 8.49. The summed E-state index contributed by atoms with van der Waals surface area (Å²) in [6, 6.07) is 9.78.